The van der Waals surface area contributed by atoms with Gasteiger partial charge >= 0.3 is 5.97 Å². The molecule has 3 aromatic rings. The highest BCUT2D eigenvalue weighted by Crippen LogP contribution is 2.30. The molecule has 0 aliphatic rings. The number of esters is 1. The maximum absolute atomic E-state index is 11.9. The fourth-order valence-corrected chi connectivity index (χ4v) is 3.25. The summed E-state index contributed by atoms with van der Waals surface area (Å²) in [6.45, 7) is 5.66. The van der Waals surface area contributed by atoms with E-state index in [1.54, 1.807) is 31.3 Å². The van der Waals surface area contributed by atoms with Gasteiger partial charge in [0.15, 0.2) is 0 Å². The van der Waals surface area contributed by atoms with Crippen LogP contribution in [0.3, 0.4) is 0 Å². The van der Waals surface area contributed by atoms with Gasteiger partial charge in [0.2, 0.25) is 5.88 Å². The van der Waals surface area contributed by atoms with E-state index in [1.165, 1.54) is 6.08 Å². The van der Waals surface area contributed by atoms with E-state index in [0.717, 1.165) is 16.7 Å². The van der Waals surface area contributed by atoms with Crippen molar-refractivity contribution in [2.75, 3.05) is 6.61 Å². The average molecular weight is 438 g/mol. The standard InChI is InChI=1S/C26H22N4O3/c1-4-32-26(31)22(16-28)13-21-11-17(2)25(18(3)12-21)33-24-9-10-29-23(30-24)14-19-5-7-20(15-27)8-6-19/h5-13H,4,14H2,1-3H3/b22-13+. The summed E-state index contributed by atoms with van der Waals surface area (Å²) in [5.41, 5.74) is 3.89. The van der Waals surface area contributed by atoms with Crippen molar-refractivity contribution in [2.24, 2.45) is 0 Å². The van der Waals surface area contributed by atoms with Gasteiger partial charge in [0.05, 0.1) is 18.2 Å². The summed E-state index contributed by atoms with van der Waals surface area (Å²) in [5, 5.41) is 18.2. The van der Waals surface area contributed by atoms with Crippen LogP contribution in [0.5, 0.6) is 11.6 Å². The summed E-state index contributed by atoms with van der Waals surface area (Å²) in [5.74, 6) is 1.00. The van der Waals surface area contributed by atoms with Crippen LogP contribution >= 0.6 is 0 Å². The first-order chi connectivity index (χ1) is 15.9. The number of nitriles is 2. The van der Waals surface area contributed by atoms with Gasteiger partial charge in [-0.15, -0.1) is 0 Å². The molecule has 0 saturated heterocycles. The molecule has 0 N–H and O–H groups in total. The van der Waals surface area contributed by atoms with Crippen LogP contribution < -0.4 is 4.74 Å². The van der Waals surface area contributed by atoms with Crippen molar-refractivity contribution in [3.63, 3.8) is 0 Å². The Kier molecular flexibility index (Phi) is 7.51. The molecule has 0 radical (unpaired) electrons. The molecular formula is C26H22N4O3. The summed E-state index contributed by atoms with van der Waals surface area (Å²) < 4.78 is 11.0. The average Bonchev–Trinajstić information content (AvgIpc) is 2.81. The molecule has 0 spiro atoms. The molecule has 3 rings (SSSR count). The van der Waals surface area contributed by atoms with Crippen molar-refractivity contribution in [1.82, 2.24) is 9.97 Å². The van der Waals surface area contributed by atoms with E-state index in [4.69, 9.17) is 14.7 Å². The van der Waals surface area contributed by atoms with E-state index < -0.39 is 5.97 Å². The smallest absolute Gasteiger partial charge is 0.348 e. The third-order valence-electron chi connectivity index (χ3n) is 4.74. The van der Waals surface area contributed by atoms with E-state index in [1.807, 2.05) is 44.2 Å². The van der Waals surface area contributed by atoms with Crippen molar-refractivity contribution in [3.05, 3.63) is 87.9 Å². The second-order valence-corrected chi connectivity index (χ2v) is 7.27. The van der Waals surface area contributed by atoms with Crippen LogP contribution in [0.2, 0.25) is 0 Å². The Morgan fingerprint density at radius 1 is 1.09 bits per heavy atom. The number of carbonyl (C=O) groups is 1. The zero-order chi connectivity index (χ0) is 23.8. The highest BCUT2D eigenvalue weighted by molar-refractivity contribution is 5.97. The zero-order valence-corrected chi connectivity index (χ0v) is 18.6. The third kappa shape index (κ3) is 6.03. The van der Waals surface area contributed by atoms with Crippen molar-refractivity contribution in [2.45, 2.75) is 27.2 Å². The van der Waals surface area contributed by atoms with Crippen LogP contribution in [0.1, 0.15) is 40.6 Å². The Morgan fingerprint density at radius 2 is 1.79 bits per heavy atom. The minimum absolute atomic E-state index is 0.0624. The van der Waals surface area contributed by atoms with Crippen LogP contribution in [-0.4, -0.2) is 22.5 Å². The molecule has 1 heterocycles. The summed E-state index contributed by atoms with van der Waals surface area (Å²) in [6, 6.07) is 16.6. The fourth-order valence-electron chi connectivity index (χ4n) is 3.25. The molecule has 0 bridgehead atoms. The number of ether oxygens (including phenoxy) is 2. The number of hydrogen-bond donors (Lipinski definition) is 0. The summed E-state index contributed by atoms with van der Waals surface area (Å²) in [7, 11) is 0. The van der Waals surface area contributed by atoms with Crippen molar-refractivity contribution >= 4 is 12.0 Å². The lowest BCUT2D eigenvalue weighted by Crippen LogP contribution is -2.06. The Balaban J connectivity index is 1.81. The van der Waals surface area contributed by atoms with Gasteiger partial charge in [0, 0.05) is 18.7 Å². The van der Waals surface area contributed by atoms with Gasteiger partial charge in [-0.2, -0.15) is 15.5 Å². The lowest BCUT2D eigenvalue weighted by atomic mass is 10.0. The number of carbonyl (C=O) groups excluding carboxylic acids is 1. The summed E-state index contributed by atoms with van der Waals surface area (Å²) >= 11 is 0. The molecule has 33 heavy (non-hydrogen) atoms. The number of aryl methyl sites for hydroxylation is 2. The quantitative estimate of drug-likeness (QED) is 0.295. The molecule has 0 amide bonds. The zero-order valence-electron chi connectivity index (χ0n) is 18.6. The lowest BCUT2D eigenvalue weighted by molar-refractivity contribution is -0.137. The van der Waals surface area contributed by atoms with Crippen molar-refractivity contribution in [1.29, 1.82) is 10.5 Å². The van der Waals surface area contributed by atoms with E-state index >= 15 is 0 Å². The first-order valence-electron chi connectivity index (χ1n) is 10.3. The van der Waals surface area contributed by atoms with E-state index in [9.17, 15) is 10.1 Å². The molecule has 0 fully saturated rings. The normalized spacial score (nSPS) is 10.8. The molecule has 2 aromatic carbocycles. The van der Waals surface area contributed by atoms with Crippen molar-refractivity contribution < 1.29 is 14.3 Å². The minimum atomic E-state index is -0.647. The third-order valence-corrected chi connectivity index (χ3v) is 4.74. The number of hydrogen-bond acceptors (Lipinski definition) is 7. The molecule has 0 aliphatic carbocycles. The van der Waals surface area contributed by atoms with Crippen LogP contribution in [0.4, 0.5) is 0 Å². The Bertz CT molecular complexity index is 1260. The highest BCUT2D eigenvalue weighted by atomic mass is 16.5. The Hall–Kier alpha value is -4.49. The number of nitrogens with zero attached hydrogens (tertiary/aromatic N) is 4. The summed E-state index contributed by atoms with van der Waals surface area (Å²) in [6.07, 6.45) is 3.65. The Labute approximate surface area is 192 Å². The maximum atomic E-state index is 11.9. The van der Waals surface area contributed by atoms with Crippen LogP contribution in [-0.2, 0) is 16.0 Å². The van der Waals surface area contributed by atoms with E-state index in [-0.39, 0.29) is 12.2 Å². The fraction of sp³-hybridized carbons (Fsp3) is 0.192. The minimum Gasteiger partial charge on any atom is -0.462 e. The predicted molar refractivity (Wildman–Crippen MR) is 122 cm³/mol. The number of rotatable bonds is 7. The van der Waals surface area contributed by atoms with Gasteiger partial charge in [-0.05, 0) is 73.4 Å². The molecular weight excluding hydrogens is 416 g/mol. The molecule has 0 saturated carbocycles. The van der Waals surface area contributed by atoms with Crippen LogP contribution in [0.15, 0.2) is 54.2 Å². The van der Waals surface area contributed by atoms with Crippen LogP contribution in [0, 0.1) is 36.5 Å². The van der Waals surface area contributed by atoms with Gasteiger partial charge in [-0.25, -0.2) is 9.78 Å². The molecule has 7 nitrogen and oxygen atoms in total. The summed E-state index contributed by atoms with van der Waals surface area (Å²) in [4.78, 5) is 20.7. The van der Waals surface area contributed by atoms with Crippen LogP contribution in [0.25, 0.3) is 6.08 Å². The topological polar surface area (TPSA) is 109 Å². The van der Waals surface area contributed by atoms with E-state index in [0.29, 0.717) is 35.0 Å². The first kappa shape index (κ1) is 23.2. The second-order valence-electron chi connectivity index (χ2n) is 7.27. The SMILES string of the molecule is CCOC(=O)/C(C#N)=C/c1cc(C)c(Oc2ccnc(Cc3ccc(C#N)cc3)n2)c(C)c1. The lowest BCUT2D eigenvalue weighted by Gasteiger charge is -2.13. The molecule has 1 aromatic heterocycles. The highest BCUT2D eigenvalue weighted by Gasteiger charge is 2.13. The molecule has 164 valence electrons. The second kappa shape index (κ2) is 10.7. The number of aromatic nitrogens is 2. The van der Waals surface area contributed by atoms with Gasteiger partial charge in [-0.1, -0.05) is 12.1 Å². The maximum Gasteiger partial charge on any atom is 0.348 e. The molecule has 0 aliphatic heterocycles. The molecule has 0 unspecified atom stereocenters. The monoisotopic (exact) mass is 438 g/mol. The largest absolute Gasteiger partial charge is 0.462 e. The molecule has 0 atom stereocenters. The molecule has 7 heteroatoms. The van der Waals surface area contributed by atoms with E-state index in [2.05, 4.69) is 16.0 Å². The van der Waals surface area contributed by atoms with Crippen molar-refractivity contribution in [3.8, 4) is 23.8 Å². The Morgan fingerprint density at radius 3 is 2.39 bits per heavy atom. The number of benzene rings is 2. The van der Waals surface area contributed by atoms with Gasteiger partial charge in [0.1, 0.15) is 23.2 Å². The van der Waals surface area contributed by atoms with Gasteiger partial charge in [-0.3, -0.25) is 0 Å². The predicted octanol–water partition coefficient (Wildman–Crippen LogP) is 4.82. The van der Waals surface area contributed by atoms with Gasteiger partial charge in [0.25, 0.3) is 0 Å². The first-order valence-corrected chi connectivity index (χ1v) is 10.3. The van der Waals surface area contributed by atoms with Gasteiger partial charge < -0.3 is 9.47 Å².